The minimum absolute atomic E-state index is 0.0782. The van der Waals surface area contributed by atoms with Gasteiger partial charge in [0.05, 0.1) is 29.5 Å². The normalized spacial score (nSPS) is 17.4. The predicted octanol–water partition coefficient (Wildman–Crippen LogP) is 3.08. The van der Waals surface area contributed by atoms with Crippen molar-refractivity contribution < 1.29 is 4.79 Å². The summed E-state index contributed by atoms with van der Waals surface area (Å²) in [5.41, 5.74) is 4.55. The summed E-state index contributed by atoms with van der Waals surface area (Å²) in [4.78, 5) is 24.0. The Hall–Kier alpha value is -2.48. The molecule has 1 amide bonds. The molecule has 1 saturated heterocycles. The van der Waals surface area contributed by atoms with Crippen molar-refractivity contribution in [3.8, 4) is 0 Å². The lowest BCUT2D eigenvalue weighted by Gasteiger charge is -2.32. The first-order chi connectivity index (χ1) is 13.3. The number of carbonyl (C=O) groups excluding carboxylic acids is 1. The van der Waals surface area contributed by atoms with Gasteiger partial charge in [0.25, 0.3) is 5.91 Å². The smallest absolute Gasteiger partial charge is 0.257 e. The number of imidazole rings is 1. The molecule has 0 unspecified atom stereocenters. The maximum absolute atomic E-state index is 13.0. The third-order valence-corrected chi connectivity index (χ3v) is 5.72. The van der Waals surface area contributed by atoms with Crippen LogP contribution in [-0.4, -0.2) is 48.6 Å². The van der Waals surface area contributed by atoms with Gasteiger partial charge in [0, 0.05) is 42.5 Å². The molecule has 142 valence electrons. The number of hydrogen-bond donors (Lipinski definition) is 1. The van der Waals surface area contributed by atoms with E-state index in [1.54, 1.807) is 17.5 Å². The van der Waals surface area contributed by atoms with Gasteiger partial charge in [0.15, 0.2) is 0 Å². The number of thiazole rings is 1. The lowest BCUT2D eigenvalue weighted by molar-refractivity contribution is 0.0702. The maximum atomic E-state index is 13.0. The van der Waals surface area contributed by atoms with Crippen LogP contribution in [0.4, 0.5) is 0 Å². The van der Waals surface area contributed by atoms with E-state index in [-0.39, 0.29) is 11.8 Å². The molecule has 0 bridgehead atoms. The minimum Gasteiger partial charge on any atom is -0.338 e. The standard InChI is InChI=1S/C19H24N6OS/c1-2-4-17-16(9-22-23-17)19(26)25-7-3-5-14(10-25)18-20-6-8-24(18)11-15-12-27-13-21-15/h6,8-9,12-14H,2-5,7,10-11H2,1H3,(H,22,23)/t14-/m0/s1. The van der Waals surface area contributed by atoms with Gasteiger partial charge in [-0.1, -0.05) is 13.3 Å². The zero-order valence-corrected chi connectivity index (χ0v) is 16.3. The van der Waals surface area contributed by atoms with E-state index in [0.717, 1.165) is 56.0 Å². The fraction of sp³-hybridized carbons (Fsp3) is 0.474. The van der Waals surface area contributed by atoms with Crippen LogP contribution < -0.4 is 0 Å². The SMILES string of the molecule is CCCc1[nH]ncc1C(=O)N1CCC[C@H](c2nccn2Cc2cscn2)C1. The molecule has 1 aliphatic rings. The van der Waals surface area contributed by atoms with E-state index in [0.29, 0.717) is 12.1 Å². The predicted molar refractivity (Wildman–Crippen MR) is 104 cm³/mol. The molecule has 0 aromatic carbocycles. The van der Waals surface area contributed by atoms with Gasteiger partial charge in [-0.15, -0.1) is 11.3 Å². The zero-order valence-electron chi connectivity index (χ0n) is 15.5. The molecule has 4 rings (SSSR count). The number of nitrogens with one attached hydrogen (secondary N) is 1. The van der Waals surface area contributed by atoms with Crippen LogP contribution in [0.2, 0.25) is 0 Å². The summed E-state index contributed by atoms with van der Waals surface area (Å²) < 4.78 is 2.16. The van der Waals surface area contributed by atoms with Gasteiger partial charge in [-0.05, 0) is 19.3 Å². The summed E-state index contributed by atoms with van der Waals surface area (Å²) in [6.45, 7) is 4.32. The summed E-state index contributed by atoms with van der Waals surface area (Å²) in [7, 11) is 0. The highest BCUT2D eigenvalue weighted by molar-refractivity contribution is 7.07. The van der Waals surface area contributed by atoms with Crippen LogP contribution in [0.5, 0.6) is 0 Å². The quantitative estimate of drug-likeness (QED) is 0.708. The van der Waals surface area contributed by atoms with Crippen molar-refractivity contribution in [3.63, 3.8) is 0 Å². The van der Waals surface area contributed by atoms with Gasteiger partial charge in [-0.3, -0.25) is 9.89 Å². The molecule has 0 radical (unpaired) electrons. The molecule has 7 nitrogen and oxygen atoms in total. The minimum atomic E-state index is 0.0782. The van der Waals surface area contributed by atoms with E-state index < -0.39 is 0 Å². The number of amides is 1. The second-order valence-electron chi connectivity index (χ2n) is 7.00. The molecular formula is C19H24N6OS. The molecule has 0 saturated carbocycles. The van der Waals surface area contributed by atoms with Gasteiger partial charge >= 0.3 is 0 Å². The molecule has 3 aromatic rings. The molecule has 0 aliphatic carbocycles. The molecule has 1 fully saturated rings. The third-order valence-electron chi connectivity index (χ3n) is 5.09. The Kier molecular flexibility index (Phi) is 5.33. The number of piperidine rings is 1. The van der Waals surface area contributed by atoms with Crippen LogP contribution in [0.3, 0.4) is 0 Å². The van der Waals surface area contributed by atoms with Crippen molar-refractivity contribution in [1.29, 1.82) is 0 Å². The number of aryl methyl sites for hydroxylation is 1. The molecule has 0 spiro atoms. The number of hydrogen-bond acceptors (Lipinski definition) is 5. The Morgan fingerprint density at radius 3 is 3.15 bits per heavy atom. The van der Waals surface area contributed by atoms with Crippen LogP contribution in [0.1, 0.15) is 59.7 Å². The lowest BCUT2D eigenvalue weighted by atomic mass is 9.96. The average molecular weight is 385 g/mol. The Balaban J connectivity index is 1.49. The third kappa shape index (κ3) is 3.80. The van der Waals surface area contributed by atoms with Crippen molar-refractivity contribution in [1.82, 2.24) is 29.6 Å². The molecule has 1 N–H and O–H groups in total. The number of rotatable bonds is 6. The molecular weight excluding hydrogens is 360 g/mol. The van der Waals surface area contributed by atoms with Gasteiger partial charge in [-0.2, -0.15) is 5.10 Å². The summed E-state index contributed by atoms with van der Waals surface area (Å²) in [6.07, 6.45) is 9.38. The van der Waals surface area contributed by atoms with Gasteiger partial charge in [0.1, 0.15) is 5.82 Å². The molecule has 3 aromatic heterocycles. The number of H-pyrrole nitrogens is 1. The highest BCUT2D eigenvalue weighted by Gasteiger charge is 2.29. The van der Waals surface area contributed by atoms with Crippen LogP contribution in [0.25, 0.3) is 0 Å². The van der Waals surface area contributed by atoms with Crippen molar-refractivity contribution in [3.05, 3.63) is 52.3 Å². The molecule has 27 heavy (non-hydrogen) atoms. The fourth-order valence-corrected chi connectivity index (χ4v) is 4.33. The Labute approximate surface area is 162 Å². The Morgan fingerprint density at radius 2 is 2.33 bits per heavy atom. The Morgan fingerprint density at radius 1 is 1.41 bits per heavy atom. The fourth-order valence-electron chi connectivity index (χ4n) is 3.78. The number of aromatic nitrogens is 5. The van der Waals surface area contributed by atoms with Crippen molar-refractivity contribution >= 4 is 17.2 Å². The number of likely N-dealkylation sites (tertiary alicyclic amines) is 1. The van der Waals surface area contributed by atoms with Crippen molar-refractivity contribution in [2.75, 3.05) is 13.1 Å². The van der Waals surface area contributed by atoms with Crippen molar-refractivity contribution in [2.45, 2.75) is 45.1 Å². The lowest BCUT2D eigenvalue weighted by Crippen LogP contribution is -2.40. The number of aromatic amines is 1. The monoisotopic (exact) mass is 384 g/mol. The summed E-state index contributed by atoms with van der Waals surface area (Å²) in [5.74, 6) is 1.37. The van der Waals surface area contributed by atoms with Gasteiger partial charge in [-0.25, -0.2) is 9.97 Å². The van der Waals surface area contributed by atoms with Crippen LogP contribution in [0, 0.1) is 0 Å². The van der Waals surface area contributed by atoms with E-state index in [1.165, 1.54) is 0 Å². The summed E-state index contributed by atoms with van der Waals surface area (Å²) >= 11 is 1.60. The van der Waals surface area contributed by atoms with E-state index in [2.05, 4.69) is 37.0 Å². The summed E-state index contributed by atoms with van der Waals surface area (Å²) in [6, 6.07) is 0. The van der Waals surface area contributed by atoms with Crippen LogP contribution in [0.15, 0.2) is 29.5 Å². The topological polar surface area (TPSA) is 79.7 Å². The second-order valence-corrected chi connectivity index (χ2v) is 7.71. The van der Waals surface area contributed by atoms with Crippen LogP contribution in [-0.2, 0) is 13.0 Å². The molecule has 4 heterocycles. The second kappa shape index (κ2) is 8.04. The van der Waals surface area contributed by atoms with E-state index in [4.69, 9.17) is 0 Å². The first-order valence-electron chi connectivity index (χ1n) is 9.46. The zero-order chi connectivity index (χ0) is 18.6. The van der Waals surface area contributed by atoms with E-state index in [9.17, 15) is 4.79 Å². The average Bonchev–Trinajstić information content (AvgIpc) is 3.44. The Bertz CT molecular complexity index is 884. The number of nitrogens with zero attached hydrogens (tertiary/aromatic N) is 5. The van der Waals surface area contributed by atoms with Crippen molar-refractivity contribution in [2.24, 2.45) is 0 Å². The highest BCUT2D eigenvalue weighted by Crippen LogP contribution is 2.27. The maximum Gasteiger partial charge on any atom is 0.257 e. The van der Waals surface area contributed by atoms with Crippen LogP contribution >= 0.6 is 11.3 Å². The largest absolute Gasteiger partial charge is 0.338 e. The number of carbonyl (C=O) groups is 1. The molecule has 8 heteroatoms. The van der Waals surface area contributed by atoms with Gasteiger partial charge in [0.2, 0.25) is 0 Å². The van der Waals surface area contributed by atoms with Gasteiger partial charge < -0.3 is 9.47 Å². The molecule has 1 atom stereocenters. The van der Waals surface area contributed by atoms with E-state index in [1.807, 2.05) is 22.8 Å². The van der Waals surface area contributed by atoms with E-state index >= 15 is 0 Å². The highest BCUT2D eigenvalue weighted by atomic mass is 32.1. The molecule has 1 aliphatic heterocycles. The first-order valence-corrected chi connectivity index (χ1v) is 10.4. The summed E-state index contributed by atoms with van der Waals surface area (Å²) in [5, 5.41) is 9.13. The first kappa shape index (κ1) is 17.9.